The molecule has 1 aliphatic carbocycles. The van der Waals surface area contributed by atoms with E-state index in [0.29, 0.717) is 29.2 Å². The van der Waals surface area contributed by atoms with Gasteiger partial charge in [0.1, 0.15) is 18.0 Å². The van der Waals surface area contributed by atoms with Gasteiger partial charge in [-0.3, -0.25) is 9.69 Å². The number of methoxy groups -OCH3 is 6. The molecule has 2 fully saturated rings. The number of nitrogens with zero attached hydrogens (tertiary/aromatic N) is 1. The van der Waals surface area contributed by atoms with E-state index in [1.54, 1.807) is 32.4 Å². The van der Waals surface area contributed by atoms with Crippen LogP contribution in [-0.2, 0) is 30.2 Å². The highest BCUT2D eigenvalue weighted by Gasteiger charge is 2.54. The summed E-state index contributed by atoms with van der Waals surface area (Å²) in [4.78, 5) is 32.8. The molecule has 0 spiro atoms. The van der Waals surface area contributed by atoms with Crippen molar-refractivity contribution in [3.8, 4) is 23.0 Å². The Labute approximate surface area is 268 Å². The molecule has 46 heavy (non-hydrogen) atoms. The Balaban J connectivity index is 1.23. The number of carbonyl (C=O) groups excluding carboxylic acids is 2. The first-order valence-corrected chi connectivity index (χ1v) is 15.6. The Morgan fingerprint density at radius 3 is 2.35 bits per heavy atom. The van der Waals surface area contributed by atoms with Crippen LogP contribution in [0.25, 0.3) is 17.0 Å². The number of H-pyrrole nitrogens is 1. The van der Waals surface area contributed by atoms with Gasteiger partial charge < -0.3 is 38.1 Å². The Morgan fingerprint density at radius 1 is 0.935 bits per heavy atom. The molecule has 6 atom stereocenters. The first-order chi connectivity index (χ1) is 22.3. The van der Waals surface area contributed by atoms with E-state index in [-0.39, 0.29) is 23.8 Å². The van der Waals surface area contributed by atoms with Gasteiger partial charge in [-0.15, -0.1) is 0 Å². The number of rotatable bonds is 9. The van der Waals surface area contributed by atoms with Gasteiger partial charge in [-0.1, -0.05) is 0 Å². The molecule has 2 aliphatic heterocycles. The average molecular weight is 635 g/mol. The van der Waals surface area contributed by atoms with E-state index in [4.69, 9.17) is 33.2 Å². The Bertz CT molecular complexity index is 1610. The summed E-state index contributed by atoms with van der Waals surface area (Å²) in [6, 6.07) is 9.78. The summed E-state index contributed by atoms with van der Waals surface area (Å²) in [5.41, 5.74) is 4.26. The first-order valence-electron chi connectivity index (χ1n) is 15.6. The van der Waals surface area contributed by atoms with Crippen LogP contribution in [0.1, 0.15) is 35.7 Å². The molecule has 3 aromatic rings. The zero-order valence-electron chi connectivity index (χ0n) is 27.2. The van der Waals surface area contributed by atoms with Crippen LogP contribution in [0.3, 0.4) is 0 Å². The molecule has 1 N–H and O–H groups in total. The van der Waals surface area contributed by atoms with Crippen molar-refractivity contribution in [2.45, 2.75) is 37.5 Å². The molecular formula is C35H42N2O9. The number of ether oxygens (including phenoxy) is 7. The number of nitrogens with one attached hydrogen (secondary N) is 1. The molecule has 11 nitrogen and oxygen atoms in total. The summed E-state index contributed by atoms with van der Waals surface area (Å²) in [6.07, 6.45) is 4.01. The van der Waals surface area contributed by atoms with Crippen molar-refractivity contribution in [3.05, 3.63) is 53.2 Å². The summed E-state index contributed by atoms with van der Waals surface area (Å²) < 4.78 is 39.0. The molecule has 0 bridgehead atoms. The van der Waals surface area contributed by atoms with Crippen molar-refractivity contribution in [1.82, 2.24) is 9.88 Å². The summed E-state index contributed by atoms with van der Waals surface area (Å²) in [5.74, 6) is 0.873. The van der Waals surface area contributed by atoms with E-state index < -0.39 is 24.1 Å². The molecule has 6 rings (SSSR count). The smallest absolute Gasteiger partial charge is 0.331 e. The van der Waals surface area contributed by atoms with Gasteiger partial charge in [0.15, 0.2) is 11.5 Å². The van der Waals surface area contributed by atoms with Crippen molar-refractivity contribution in [3.63, 3.8) is 0 Å². The second kappa shape index (κ2) is 13.3. The van der Waals surface area contributed by atoms with Crippen molar-refractivity contribution in [2.24, 2.45) is 17.8 Å². The van der Waals surface area contributed by atoms with E-state index in [1.165, 1.54) is 51.2 Å². The summed E-state index contributed by atoms with van der Waals surface area (Å²) >= 11 is 0. The fourth-order valence-electron chi connectivity index (χ4n) is 7.91. The maximum absolute atomic E-state index is 13.4. The van der Waals surface area contributed by atoms with Crippen LogP contribution < -0.4 is 18.9 Å². The summed E-state index contributed by atoms with van der Waals surface area (Å²) in [6.45, 7) is 1.70. The molecule has 1 saturated heterocycles. The van der Waals surface area contributed by atoms with E-state index in [0.717, 1.165) is 37.2 Å². The van der Waals surface area contributed by atoms with E-state index >= 15 is 0 Å². The topological polar surface area (TPSA) is 118 Å². The van der Waals surface area contributed by atoms with Crippen LogP contribution in [-0.4, -0.2) is 89.8 Å². The molecule has 3 heterocycles. The molecule has 11 heteroatoms. The van der Waals surface area contributed by atoms with Gasteiger partial charge in [0.25, 0.3) is 0 Å². The standard InChI is InChI=1S/C35H42N2O9/c1-40-21-8-9-22-23-11-12-37-18-20-15-29(46-30(38)10-7-19-13-27(41-2)33(43-4)28(14-19)42-3)34(44-5)31(35(39)45-6)24(20)17-26(37)32(23)36-25(22)16-21/h7-10,13-14,16,20,24,26,29,31,34,36H,11-12,15,17-18H2,1-6H3/b10-7+/t20-,24+,26-,29-,31+,34+/m0/s1. The Hall–Kier alpha value is -4.22. The fraction of sp³-hybridized carbons (Fsp3) is 0.486. The fourth-order valence-corrected chi connectivity index (χ4v) is 7.91. The minimum Gasteiger partial charge on any atom is -0.497 e. The van der Waals surface area contributed by atoms with Crippen molar-refractivity contribution in [2.75, 3.05) is 55.7 Å². The minimum atomic E-state index is -0.645. The molecule has 2 aromatic carbocycles. The molecular weight excluding hydrogens is 592 g/mol. The number of hydrogen-bond donors (Lipinski definition) is 1. The molecule has 0 radical (unpaired) electrons. The Kier molecular flexibility index (Phi) is 9.15. The van der Waals surface area contributed by atoms with Crippen LogP contribution in [0.5, 0.6) is 23.0 Å². The maximum Gasteiger partial charge on any atom is 0.331 e. The largest absolute Gasteiger partial charge is 0.497 e. The third-order valence-electron chi connectivity index (χ3n) is 9.97. The molecule has 1 saturated carbocycles. The lowest BCUT2D eigenvalue weighted by Crippen LogP contribution is -2.58. The maximum atomic E-state index is 13.4. The van der Waals surface area contributed by atoms with Gasteiger partial charge in [-0.25, -0.2) is 4.79 Å². The van der Waals surface area contributed by atoms with Crippen LogP contribution >= 0.6 is 0 Å². The van der Waals surface area contributed by atoms with Gasteiger partial charge in [-0.2, -0.15) is 0 Å². The van der Waals surface area contributed by atoms with E-state index in [2.05, 4.69) is 16.0 Å². The third-order valence-corrected chi connectivity index (χ3v) is 9.97. The second-order valence-electron chi connectivity index (χ2n) is 12.1. The SMILES string of the molecule is COC(=O)[C@@H]1[C@@H]2C[C@H]3c4[nH]c5cc(OC)ccc5c4CCN3C[C@@H]2C[C@H](OC(=O)/C=C/c2cc(OC)c(OC)c(OC)c2)[C@H]1OC. The number of fused-ring (bicyclic) bond motifs is 6. The van der Waals surface area contributed by atoms with Gasteiger partial charge in [0.05, 0.1) is 47.5 Å². The third kappa shape index (κ3) is 5.66. The molecule has 1 aromatic heterocycles. The van der Waals surface area contributed by atoms with Crippen molar-refractivity contribution in [1.29, 1.82) is 0 Å². The number of hydrogen-bond acceptors (Lipinski definition) is 10. The molecule has 246 valence electrons. The zero-order chi connectivity index (χ0) is 32.5. The lowest BCUT2D eigenvalue weighted by Gasteiger charge is -2.52. The lowest BCUT2D eigenvalue weighted by atomic mass is 9.63. The van der Waals surface area contributed by atoms with Crippen LogP contribution in [0, 0.1) is 17.8 Å². The van der Waals surface area contributed by atoms with Crippen LogP contribution in [0.2, 0.25) is 0 Å². The normalized spacial score (nSPS) is 25.7. The lowest BCUT2D eigenvalue weighted by molar-refractivity contribution is -0.187. The molecule has 0 amide bonds. The van der Waals surface area contributed by atoms with Gasteiger partial charge >= 0.3 is 11.9 Å². The summed E-state index contributed by atoms with van der Waals surface area (Å²) in [5, 5.41) is 1.21. The van der Waals surface area contributed by atoms with Gasteiger partial charge in [-0.05, 0) is 72.6 Å². The highest BCUT2D eigenvalue weighted by atomic mass is 16.6. The monoisotopic (exact) mass is 634 g/mol. The number of esters is 2. The first kappa shape index (κ1) is 31.7. The van der Waals surface area contributed by atoms with Crippen molar-refractivity contribution < 1.29 is 42.7 Å². The van der Waals surface area contributed by atoms with Gasteiger partial charge in [0, 0.05) is 48.9 Å². The second-order valence-corrected chi connectivity index (χ2v) is 12.1. The molecule has 0 unspecified atom stereocenters. The van der Waals surface area contributed by atoms with Crippen molar-refractivity contribution >= 4 is 28.9 Å². The quantitative estimate of drug-likeness (QED) is 0.265. The number of benzene rings is 2. The predicted octanol–water partition coefficient (Wildman–Crippen LogP) is 4.57. The van der Waals surface area contributed by atoms with Gasteiger partial charge in [0.2, 0.25) is 5.75 Å². The number of piperidine rings is 1. The predicted molar refractivity (Wildman–Crippen MR) is 170 cm³/mol. The van der Waals surface area contributed by atoms with Crippen LogP contribution in [0.15, 0.2) is 36.4 Å². The highest BCUT2D eigenvalue weighted by Crippen LogP contribution is 2.50. The number of carbonyl (C=O) groups is 2. The van der Waals surface area contributed by atoms with Crippen LogP contribution in [0.4, 0.5) is 0 Å². The molecule has 3 aliphatic rings. The summed E-state index contributed by atoms with van der Waals surface area (Å²) in [7, 11) is 9.24. The highest BCUT2D eigenvalue weighted by molar-refractivity contribution is 5.88. The van der Waals surface area contributed by atoms with E-state index in [1.807, 2.05) is 12.1 Å². The number of aromatic amines is 1. The zero-order valence-corrected chi connectivity index (χ0v) is 27.2. The van der Waals surface area contributed by atoms with E-state index in [9.17, 15) is 9.59 Å². The Morgan fingerprint density at radius 2 is 1.70 bits per heavy atom. The number of aromatic nitrogens is 1. The average Bonchev–Trinajstić information content (AvgIpc) is 3.46. The minimum absolute atomic E-state index is 0.00438.